The molecule has 0 amide bonds. The maximum atomic E-state index is 5.71. The van der Waals surface area contributed by atoms with Gasteiger partial charge in [-0.1, -0.05) is 33.1 Å². The van der Waals surface area contributed by atoms with E-state index in [4.69, 9.17) is 5.73 Å². The van der Waals surface area contributed by atoms with E-state index in [0.29, 0.717) is 0 Å². The van der Waals surface area contributed by atoms with Gasteiger partial charge >= 0.3 is 0 Å². The molecule has 2 atom stereocenters. The Labute approximate surface area is 95.2 Å². The van der Waals surface area contributed by atoms with Gasteiger partial charge in [-0.15, -0.1) is 0 Å². The molecule has 2 N–H and O–H groups in total. The molecule has 0 saturated carbocycles. The number of hydrogen-bond donors (Lipinski definition) is 1. The van der Waals surface area contributed by atoms with E-state index >= 15 is 0 Å². The highest BCUT2D eigenvalue weighted by Gasteiger charge is 2.22. The van der Waals surface area contributed by atoms with E-state index in [1.165, 1.54) is 51.7 Å². The second kappa shape index (κ2) is 7.24. The SMILES string of the molecule is CCCCC(CC)CN1CCC(CN)C1. The summed E-state index contributed by atoms with van der Waals surface area (Å²) in [6.07, 6.45) is 6.80. The van der Waals surface area contributed by atoms with Gasteiger partial charge in [0.1, 0.15) is 0 Å². The van der Waals surface area contributed by atoms with Crippen LogP contribution >= 0.6 is 0 Å². The number of unbranched alkanes of at least 4 members (excludes halogenated alkanes) is 1. The fourth-order valence-corrected chi connectivity index (χ4v) is 2.55. The quantitative estimate of drug-likeness (QED) is 0.702. The van der Waals surface area contributed by atoms with E-state index < -0.39 is 0 Å². The van der Waals surface area contributed by atoms with Gasteiger partial charge < -0.3 is 10.6 Å². The molecular weight excluding hydrogens is 184 g/mol. The van der Waals surface area contributed by atoms with Gasteiger partial charge in [0.05, 0.1) is 0 Å². The molecule has 0 bridgehead atoms. The molecule has 1 saturated heterocycles. The number of likely N-dealkylation sites (tertiary alicyclic amines) is 1. The smallest absolute Gasteiger partial charge is 0.00223 e. The van der Waals surface area contributed by atoms with Crippen molar-refractivity contribution in [3.63, 3.8) is 0 Å². The minimum absolute atomic E-state index is 0.772. The van der Waals surface area contributed by atoms with Gasteiger partial charge in [0.2, 0.25) is 0 Å². The van der Waals surface area contributed by atoms with E-state index in [0.717, 1.165) is 18.4 Å². The van der Waals surface area contributed by atoms with Crippen LogP contribution in [-0.4, -0.2) is 31.1 Å². The lowest BCUT2D eigenvalue weighted by atomic mass is 9.99. The fourth-order valence-electron chi connectivity index (χ4n) is 2.55. The molecule has 90 valence electrons. The molecule has 2 unspecified atom stereocenters. The van der Waals surface area contributed by atoms with E-state index in [9.17, 15) is 0 Å². The van der Waals surface area contributed by atoms with Crippen LogP contribution in [-0.2, 0) is 0 Å². The normalized spacial score (nSPS) is 24.6. The van der Waals surface area contributed by atoms with Crippen LogP contribution in [0.4, 0.5) is 0 Å². The highest BCUT2D eigenvalue weighted by atomic mass is 15.1. The third kappa shape index (κ3) is 4.52. The van der Waals surface area contributed by atoms with Crippen molar-refractivity contribution in [2.45, 2.75) is 46.0 Å². The second-order valence-electron chi connectivity index (χ2n) is 5.07. The molecule has 0 aromatic rings. The van der Waals surface area contributed by atoms with E-state index in [1.807, 2.05) is 0 Å². The van der Waals surface area contributed by atoms with Crippen LogP contribution in [0.3, 0.4) is 0 Å². The maximum Gasteiger partial charge on any atom is 0.00223 e. The van der Waals surface area contributed by atoms with Gasteiger partial charge in [-0.3, -0.25) is 0 Å². The van der Waals surface area contributed by atoms with Crippen LogP contribution in [0.1, 0.15) is 46.0 Å². The Morgan fingerprint density at radius 1 is 1.40 bits per heavy atom. The standard InChI is InChI=1S/C13H28N2/c1-3-5-6-12(4-2)10-15-8-7-13(9-14)11-15/h12-13H,3-11,14H2,1-2H3. The summed E-state index contributed by atoms with van der Waals surface area (Å²) in [5.74, 6) is 1.69. The van der Waals surface area contributed by atoms with Crippen LogP contribution in [0.25, 0.3) is 0 Å². The van der Waals surface area contributed by atoms with Crippen molar-refractivity contribution in [3.8, 4) is 0 Å². The lowest BCUT2D eigenvalue weighted by molar-refractivity contribution is 0.253. The van der Waals surface area contributed by atoms with Crippen molar-refractivity contribution in [1.29, 1.82) is 0 Å². The average molecular weight is 212 g/mol. The van der Waals surface area contributed by atoms with Gasteiger partial charge in [0, 0.05) is 13.1 Å². The minimum Gasteiger partial charge on any atom is -0.330 e. The molecule has 1 aliphatic rings. The number of rotatable bonds is 7. The molecule has 0 spiro atoms. The van der Waals surface area contributed by atoms with E-state index in [2.05, 4.69) is 18.7 Å². The summed E-state index contributed by atoms with van der Waals surface area (Å²) in [6, 6.07) is 0. The Kier molecular flexibility index (Phi) is 6.26. The molecule has 0 aromatic heterocycles. The zero-order valence-electron chi connectivity index (χ0n) is 10.5. The van der Waals surface area contributed by atoms with Crippen molar-refractivity contribution < 1.29 is 0 Å². The van der Waals surface area contributed by atoms with Crippen molar-refractivity contribution in [2.24, 2.45) is 17.6 Å². The number of nitrogens with zero attached hydrogens (tertiary/aromatic N) is 1. The van der Waals surface area contributed by atoms with E-state index in [1.54, 1.807) is 0 Å². The van der Waals surface area contributed by atoms with Gasteiger partial charge in [0.25, 0.3) is 0 Å². The van der Waals surface area contributed by atoms with Gasteiger partial charge in [-0.25, -0.2) is 0 Å². The Balaban J connectivity index is 2.20. The molecular formula is C13H28N2. The van der Waals surface area contributed by atoms with Crippen LogP contribution in [0, 0.1) is 11.8 Å². The monoisotopic (exact) mass is 212 g/mol. The maximum absolute atomic E-state index is 5.71. The first-order chi connectivity index (χ1) is 7.30. The average Bonchev–Trinajstić information content (AvgIpc) is 2.71. The van der Waals surface area contributed by atoms with Crippen molar-refractivity contribution >= 4 is 0 Å². The fraction of sp³-hybridized carbons (Fsp3) is 1.00. The summed E-state index contributed by atoms with van der Waals surface area (Å²) in [5.41, 5.74) is 5.71. The Bertz CT molecular complexity index is 159. The molecule has 0 aromatic carbocycles. The van der Waals surface area contributed by atoms with Crippen LogP contribution in [0.15, 0.2) is 0 Å². The van der Waals surface area contributed by atoms with Crippen molar-refractivity contribution in [1.82, 2.24) is 4.90 Å². The second-order valence-corrected chi connectivity index (χ2v) is 5.07. The summed E-state index contributed by atoms with van der Waals surface area (Å²) in [4.78, 5) is 2.63. The van der Waals surface area contributed by atoms with Crippen molar-refractivity contribution in [3.05, 3.63) is 0 Å². The van der Waals surface area contributed by atoms with Gasteiger partial charge in [-0.2, -0.15) is 0 Å². The highest BCUT2D eigenvalue weighted by molar-refractivity contribution is 4.77. The molecule has 2 nitrogen and oxygen atoms in total. The summed E-state index contributed by atoms with van der Waals surface area (Å²) >= 11 is 0. The van der Waals surface area contributed by atoms with Gasteiger partial charge in [-0.05, 0) is 37.8 Å². The summed E-state index contributed by atoms with van der Waals surface area (Å²) < 4.78 is 0. The van der Waals surface area contributed by atoms with Gasteiger partial charge in [0.15, 0.2) is 0 Å². The molecule has 0 aliphatic carbocycles. The highest BCUT2D eigenvalue weighted by Crippen LogP contribution is 2.20. The summed E-state index contributed by atoms with van der Waals surface area (Å²) in [5, 5.41) is 0. The summed E-state index contributed by atoms with van der Waals surface area (Å²) in [6.45, 7) is 9.34. The molecule has 2 heteroatoms. The zero-order valence-corrected chi connectivity index (χ0v) is 10.5. The molecule has 0 radical (unpaired) electrons. The van der Waals surface area contributed by atoms with Crippen LogP contribution in [0.2, 0.25) is 0 Å². The predicted molar refractivity (Wildman–Crippen MR) is 66.9 cm³/mol. The predicted octanol–water partition coefficient (Wildman–Crippen LogP) is 2.48. The Morgan fingerprint density at radius 3 is 2.73 bits per heavy atom. The minimum atomic E-state index is 0.772. The third-order valence-electron chi connectivity index (χ3n) is 3.76. The Morgan fingerprint density at radius 2 is 2.20 bits per heavy atom. The first-order valence-corrected chi connectivity index (χ1v) is 6.72. The lowest BCUT2D eigenvalue weighted by Gasteiger charge is -2.22. The first kappa shape index (κ1) is 13.0. The lowest BCUT2D eigenvalue weighted by Crippen LogP contribution is -2.28. The summed E-state index contributed by atoms with van der Waals surface area (Å²) in [7, 11) is 0. The van der Waals surface area contributed by atoms with Crippen LogP contribution < -0.4 is 5.73 Å². The third-order valence-corrected chi connectivity index (χ3v) is 3.76. The van der Waals surface area contributed by atoms with Crippen LogP contribution in [0.5, 0.6) is 0 Å². The molecule has 1 rings (SSSR count). The molecule has 1 heterocycles. The Hall–Kier alpha value is -0.0800. The molecule has 1 fully saturated rings. The number of nitrogens with two attached hydrogens (primary N) is 1. The van der Waals surface area contributed by atoms with E-state index in [-0.39, 0.29) is 0 Å². The topological polar surface area (TPSA) is 29.3 Å². The largest absolute Gasteiger partial charge is 0.330 e. The number of hydrogen-bond acceptors (Lipinski definition) is 2. The first-order valence-electron chi connectivity index (χ1n) is 6.72. The van der Waals surface area contributed by atoms with Crippen molar-refractivity contribution in [2.75, 3.05) is 26.2 Å². The zero-order chi connectivity index (χ0) is 11.1. The molecule has 15 heavy (non-hydrogen) atoms. The molecule has 1 aliphatic heterocycles.